The second-order valence-corrected chi connectivity index (χ2v) is 6.48. The van der Waals surface area contributed by atoms with E-state index in [4.69, 9.17) is 0 Å². The average Bonchev–Trinajstić information content (AvgIpc) is 2.95. The Balaban J connectivity index is 1.99. The first-order valence-corrected chi connectivity index (χ1v) is 7.98. The summed E-state index contributed by atoms with van der Waals surface area (Å²) in [5, 5.41) is 5.94. The molecule has 1 N–H and O–H groups in total. The van der Waals surface area contributed by atoms with Crippen LogP contribution in [0.4, 0.5) is 0 Å². The van der Waals surface area contributed by atoms with Gasteiger partial charge in [-0.2, -0.15) is 11.8 Å². The van der Waals surface area contributed by atoms with Gasteiger partial charge < -0.3 is 4.90 Å². The minimum Gasteiger partial charge on any atom is -0.321 e. The Morgan fingerprint density at radius 3 is 3.18 bits per heavy atom. The quantitative estimate of drug-likeness (QED) is 0.891. The lowest BCUT2D eigenvalue weighted by atomic mass is 10.3. The standard InChI is InChI=1S/C12H18N2OS2/c1-9(16-2)5-6-14-11(15)8-13-12(14)10-4-3-7-17-10/h3-4,7,9,12-13H,5-6,8H2,1-2H3. The first kappa shape index (κ1) is 12.9. The maximum Gasteiger partial charge on any atom is 0.238 e. The summed E-state index contributed by atoms with van der Waals surface area (Å²) in [4.78, 5) is 15.0. The summed E-state index contributed by atoms with van der Waals surface area (Å²) in [5.41, 5.74) is 0. The molecule has 1 fully saturated rings. The first-order chi connectivity index (χ1) is 8.22. The van der Waals surface area contributed by atoms with Crippen LogP contribution in [-0.2, 0) is 4.79 Å². The highest BCUT2D eigenvalue weighted by atomic mass is 32.2. The number of carbonyl (C=O) groups is 1. The van der Waals surface area contributed by atoms with Crippen LogP contribution in [0.25, 0.3) is 0 Å². The van der Waals surface area contributed by atoms with Crippen molar-refractivity contribution in [2.24, 2.45) is 0 Å². The highest BCUT2D eigenvalue weighted by molar-refractivity contribution is 7.99. The Bertz CT molecular complexity index is 367. The molecule has 0 spiro atoms. The molecule has 17 heavy (non-hydrogen) atoms. The predicted octanol–water partition coefficient (Wildman–Crippen LogP) is 2.32. The van der Waals surface area contributed by atoms with Crippen molar-refractivity contribution in [3.63, 3.8) is 0 Å². The van der Waals surface area contributed by atoms with Crippen LogP contribution in [0.1, 0.15) is 24.4 Å². The molecule has 2 atom stereocenters. The molecule has 2 heterocycles. The van der Waals surface area contributed by atoms with Crippen molar-refractivity contribution in [3.8, 4) is 0 Å². The van der Waals surface area contributed by atoms with Gasteiger partial charge in [0, 0.05) is 16.7 Å². The van der Waals surface area contributed by atoms with Crippen molar-refractivity contribution in [3.05, 3.63) is 22.4 Å². The Kier molecular flexibility index (Phi) is 4.48. The van der Waals surface area contributed by atoms with E-state index in [2.05, 4.69) is 29.9 Å². The summed E-state index contributed by atoms with van der Waals surface area (Å²) in [5.74, 6) is 0.219. The maximum atomic E-state index is 11.8. The molecule has 2 unspecified atom stereocenters. The van der Waals surface area contributed by atoms with Crippen LogP contribution in [0.3, 0.4) is 0 Å². The van der Waals surface area contributed by atoms with Gasteiger partial charge in [0.05, 0.1) is 6.54 Å². The van der Waals surface area contributed by atoms with Crippen molar-refractivity contribution >= 4 is 29.0 Å². The van der Waals surface area contributed by atoms with Gasteiger partial charge in [-0.1, -0.05) is 13.0 Å². The van der Waals surface area contributed by atoms with E-state index < -0.39 is 0 Å². The van der Waals surface area contributed by atoms with Gasteiger partial charge in [-0.3, -0.25) is 10.1 Å². The fourth-order valence-electron chi connectivity index (χ4n) is 1.93. The van der Waals surface area contributed by atoms with E-state index in [-0.39, 0.29) is 12.1 Å². The Morgan fingerprint density at radius 2 is 2.53 bits per heavy atom. The summed E-state index contributed by atoms with van der Waals surface area (Å²) in [6.45, 7) is 3.52. The van der Waals surface area contributed by atoms with Crippen molar-refractivity contribution in [2.75, 3.05) is 19.3 Å². The molecule has 1 saturated heterocycles. The van der Waals surface area contributed by atoms with Gasteiger partial charge in [-0.05, 0) is 24.1 Å². The molecule has 0 aliphatic carbocycles. The summed E-state index contributed by atoms with van der Waals surface area (Å²) in [6.07, 6.45) is 3.26. The molecule has 94 valence electrons. The van der Waals surface area contributed by atoms with Gasteiger partial charge in [0.1, 0.15) is 6.17 Å². The number of thiophene rings is 1. The second kappa shape index (κ2) is 5.89. The van der Waals surface area contributed by atoms with Gasteiger partial charge in [0.25, 0.3) is 0 Å². The number of amides is 1. The van der Waals surface area contributed by atoms with Crippen LogP contribution >= 0.6 is 23.1 Å². The number of nitrogens with one attached hydrogen (secondary N) is 1. The van der Waals surface area contributed by atoms with Crippen LogP contribution in [0.5, 0.6) is 0 Å². The minimum absolute atomic E-state index is 0.0940. The van der Waals surface area contributed by atoms with E-state index in [1.165, 1.54) is 4.88 Å². The SMILES string of the molecule is CSC(C)CCN1C(=O)CNC1c1cccs1. The predicted molar refractivity (Wildman–Crippen MR) is 74.4 cm³/mol. The third-order valence-corrected chi connectivity index (χ3v) is 5.04. The molecule has 1 amide bonds. The molecular formula is C12H18N2OS2. The molecule has 2 rings (SSSR count). The number of thioether (sulfide) groups is 1. The summed E-state index contributed by atoms with van der Waals surface area (Å²) in [6, 6.07) is 4.12. The Labute approximate surface area is 111 Å². The van der Waals surface area contributed by atoms with E-state index in [1.54, 1.807) is 11.3 Å². The Morgan fingerprint density at radius 1 is 1.71 bits per heavy atom. The van der Waals surface area contributed by atoms with Crippen molar-refractivity contribution in [2.45, 2.75) is 24.8 Å². The average molecular weight is 270 g/mol. The fourth-order valence-corrected chi connectivity index (χ4v) is 3.09. The molecule has 0 radical (unpaired) electrons. The summed E-state index contributed by atoms with van der Waals surface area (Å²) >= 11 is 3.56. The van der Waals surface area contributed by atoms with Crippen LogP contribution in [-0.4, -0.2) is 35.4 Å². The van der Waals surface area contributed by atoms with Gasteiger partial charge in [0.15, 0.2) is 0 Å². The lowest BCUT2D eigenvalue weighted by Crippen LogP contribution is -2.31. The number of carbonyl (C=O) groups excluding carboxylic acids is 1. The fraction of sp³-hybridized carbons (Fsp3) is 0.583. The van der Waals surface area contributed by atoms with E-state index in [1.807, 2.05) is 22.7 Å². The normalized spacial score (nSPS) is 22.1. The molecular weight excluding hydrogens is 252 g/mol. The van der Waals surface area contributed by atoms with Crippen LogP contribution < -0.4 is 5.32 Å². The number of nitrogens with zero attached hydrogens (tertiary/aromatic N) is 1. The van der Waals surface area contributed by atoms with E-state index in [0.29, 0.717) is 11.8 Å². The molecule has 0 bridgehead atoms. The van der Waals surface area contributed by atoms with Gasteiger partial charge in [-0.25, -0.2) is 0 Å². The van der Waals surface area contributed by atoms with Crippen molar-refractivity contribution in [1.82, 2.24) is 10.2 Å². The molecule has 1 aliphatic heterocycles. The minimum atomic E-state index is 0.0940. The number of hydrogen-bond acceptors (Lipinski definition) is 4. The monoisotopic (exact) mass is 270 g/mol. The number of rotatable bonds is 5. The Hall–Kier alpha value is -0.520. The topological polar surface area (TPSA) is 32.3 Å². The maximum absolute atomic E-state index is 11.8. The zero-order valence-electron chi connectivity index (χ0n) is 10.2. The lowest BCUT2D eigenvalue weighted by Gasteiger charge is -2.24. The first-order valence-electron chi connectivity index (χ1n) is 5.81. The molecule has 5 heteroatoms. The molecule has 0 saturated carbocycles. The molecule has 3 nitrogen and oxygen atoms in total. The highest BCUT2D eigenvalue weighted by Crippen LogP contribution is 2.27. The van der Waals surface area contributed by atoms with Gasteiger partial charge in [-0.15, -0.1) is 11.3 Å². The van der Waals surface area contributed by atoms with E-state index in [0.717, 1.165) is 13.0 Å². The van der Waals surface area contributed by atoms with Crippen molar-refractivity contribution < 1.29 is 4.79 Å². The second-order valence-electron chi connectivity index (χ2n) is 4.22. The third kappa shape index (κ3) is 3.03. The largest absolute Gasteiger partial charge is 0.321 e. The zero-order valence-corrected chi connectivity index (χ0v) is 11.8. The molecule has 1 aromatic heterocycles. The third-order valence-electron chi connectivity index (χ3n) is 3.07. The molecule has 1 aromatic rings. The zero-order chi connectivity index (χ0) is 12.3. The summed E-state index contributed by atoms with van der Waals surface area (Å²) < 4.78 is 0. The van der Waals surface area contributed by atoms with E-state index in [9.17, 15) is 4.79 Å². The summed E-state index contributed by atoms with van der Waals surface area (Å²) in [7, 11) is 0. The van der Waals surface area contributed by atoms with Crippen LogP contribution in [0, 0.1) is 0 Å². The van der Waals surface area contributed by atoms with Gasteiger partial charge >= 0.3 is 0 Å². The number of hydrogen-bond donors (Lipinski definition) is 1. The van der Waals surface area contributed by atoms with E-state index >= 15 is 0 Å². The van der Waals surface area contributed by atoms with Gasteiger partial charge in [0.2, 0.25) is 5.91 Å². The molecule has 0 aromatic carbocycles. The highest BCUT2D eigenvalue weighted by Gasteiger charge is 2.31. The van der Waals surface area contributed by atoms with Crippen LogP contribution in [0.2, 0.25) is 0 Å². The van der Waals surface area contributed by atoms with Crippen molar-refractivity contribution in [1.29, 1.82) is 0 Å². The lowest BCUT2D eigenvalue weighted by molar-refractivity contribution is -0.128. The molecule has 1 aliphatic rings. The smallest absolute Gasteiger partial charge is 0.238 e. The van der Waals surface area contributed by atoms with Crippen LogP contribution in [0.15, 0.2) is 17.5 Å².